The van der Waals surface area contributed by atoms with Gasteiger partial charge in [0.2, 0.25) is 0 Å². The Bertz CT molecular complexity index is 853. The maximum Gasteiger partial charge on any atom is 0.269 e. The molecule has 0 radical (unpaired) electrons. The first kappa shape index (κ1) is 13.0. The Balaban J connectivity index is 2.22. The summed E-state index contributed by atoms with van der Waals surface area (Å²) in [7, 11) is 0. The fourth-order valence-corrected chi connectivity index (χ4v) is 2.30. The summed E-state index contributed by atoms with van der Waals surface area (Å²) in [5.41, 5.74) is 1.55. The summed E-state index contributed by atoms with van der Waals surface area (Å²) in [6.45, 7) is 0. The molecular weight excluding hydrogens is 275 g/mol. The number of rotatable bonds is 3. The third-order valence-electron chi connectivity index (χ3n) is 3.31. The molecular formula is C15H9FN2O3. The molecule has 0 aliphatic heterocycles. The van der Waals surface area contributed by atoms with Gasteiger partial charge in [0.05, 0.1) is 16.1 Å². The van der Waals surface area contributed by atoms with Crippen LogP contribution in [0, 0.1) is 15.9 Å². The van der Waals surface area contributed by atoms with E-state index in [-0.39, 0.29) is 11.2 Å². The Morgan fingerprint density at radius 2 is 1.86 bits per heavy atom. The number of aromatic amines is 1. The summed E-state index contributed by atoms with van der Waals surface area (Å²) < 4.78 is 13.8. The molecule has 1 heterocycles. The van der Waals surface area contributed by atoms with E-state index >= 15 is 0 Å². The minimum absolute atomic E-state index is 0.0475. The zero-order valence-electron chi connectivity index (χ0n) is 10.7. The zero-order chi connectivity index (χ0) is 15.0. The van der Waals surface area contributed by atoms with E-state index in [1.165, 1.54) is 36.4 Å². The number of nitro benzene ring substituents is 1. The lowest BCUT2D eigenvalue weighted by molar-refractivity contribution is -0.384. The number of nitrogens with zero attached hydrogens (tertiary/aromatic N) is 1. The molecule has 1 aromatic heterocycles. The van der Waals surface area contributed by atoms with Crippen molar-refractivity contribution in [2.75, 3.05) is 0 Å². The third kappa shape index (κ3) is 2.06. The standard InChI is InChI=1S/C15H9FN2O3/c16-13-3-1-2-11-12(8-19)14(17-15(11)13)9-4-6-10(7-5-9)18(20)21/h1-8,17H. The van der Waals surface area contributed by atoms with Crippen molar-refractivity contribution >= 4 is 22.9 Å². The van der Waals surface area contributed by atoms with Gasteiger partial charge in [0.15, 0.2) is 6.29 Å². The van der Waals surface area contributed by atoms with Crippen LogP contribution >= 0.6 is 0 Å². The van der Waals surface area contributed by atoms with Crippen LogP contribution in [0.5, 0.6) is 0 Å². The van der Waals surface area contributed by atoms with Crippen LogP contribution in [0.1, 0.15) is 10.4 Å². The van der Waals surface area contributed by atoms with Crippen molar-refractivity contribution < 1.29 is 14.1 Å². The van der Waals surface area contributed by atoms with E-state index in [0.717, 1.165) is 0 Å². The van der Waals surface area contributed by atoms with Gasteiger partial charge in [-0.15, -0.1) is 0 Å². The molecule has 6 heteroatoms. The Morgan fingerprint density at radius 3 is 2.48 bits per heavy atom. The van der Waals surface area contributed by atoms with Crippen molar-refractivity contribution in [1.82, 2.24) is 4.98 Å². The number of aldehydes is 1. The number of carbonyl (C=O) groups is 1. The number of carbonyl (C=O) groups excluding carboxylic acids is 1. The average Bonchev–Trinajstić information content (AvgIpc) is 2.87. The van der Waals surface area contributed by atoms with Crippen molar-refractivity contribution in [2.45, 2.75) is 0 Å². The number of nitrogens with one attached hydrogen (secondary N) is 1. The molecule has 0 saturated heterocycles. The van der Waals surface area contributed by atoms with E-state index in [9.17, 15) is 19.3 Å². The van der Waals surface area contributed by atoms with Crippen LogP contribution in [0.3, 0.4) is 0 Å². The molecule has 0 aliphatic carbocycles. The van der Waals surface area contributed by atoms with E-state index < -0.39 is 10.7 Å². The highest BCUT2D eigenvalue weighted by atomic mass is 19.1. The highest BCUT2D eigenvalue weighted by Crippen LogP contribution is 2.31. The number of hydrogen-bond donors (Lipinski definition) is 1. The maximum absolute atomic E-state index is 13.8. The van der Waals surface area contributed by atoms with Crippen LogP contribution in [-0.2, 0) is 0 Å². The molecule has 0 unspecified atom stereocenters. The molecule has 104 valence electrons. The van der Waals surface area contributed by atoms with Crippen molar-refractivity contribution in [3.8, 4) is 11.3 Å². The van der Waals surface area contributed by atoms with E-state index in [1.54, 1.807) is 6.07 Å². The molecule has 3 rings (SSSR count). The van der Waals surface area contributed by atoms with Crippen LogP contribution in [0.25, 0.3) is 22.2 Å². The smallest absolute Gasteiger partial charge is 0.269 e. The van der Waals surface area contributed by atoms with E-state index in [1.807, 2.05) is 0 Å². The topological polar surface area (TPSA) is 76.0 Å². The quantitative estimate of drug-likeness (QED) is 0.452. The fraction of sp³-hybridized carbons (Fsp3) is 0. The van der Waals surface area contributed by atoms with Gasteiger partial charge in [0.1, 0.15) is 5.82 Å². The summed E-state index contributed by atoms with van der Waals surface area (Å²) in [4.78, 5) is 24.3. The fourth-order valence-electron chi connectivity index (χ4n) is 2.30. The van der Waals surface area contributed by atoms with Gasteiger partial charge in [-0.05, 0) is 23.8 Å². The molecule has 0 aliphatic rings. The minimum Gasteiger partial charge on any atom is -0.352 e. The van der Waals surface area contributed by atoms with Crippen LogP contribution in [0.15, 0.2) is 42.5 Å². The molecule has 21 heavy (non-hydrogen) atoms. The molecule has 3 aromatic rings. The number of para-hydroxylation sites is 1. The molecule has 0 amide bonds. The van der Waals surface area contributed by atoms with Crippen molar-refractivity contribution in [1.29, 1.82) is 0 Å². The molecule has 5 nitrogen and oxygen atoms in total. The number of aromatic nitrogens is 1. The van der Waals surface area contributed by atoms with E-state index in [4.69, 9.17) is 0 Å². The monoisotopic (exact) mass is 284 g/mol. The van der Waals surface area contributed by atoms with Gasteiger partial charge >= 0.3 is 0 Å². The second kappa shape index (κ2) is 4.82. The minimum atomic E-state index is -0.505. The SMILES string of the molecule is O=Cc1c(-c2ccc([N+](=O)[O-])cc2)[nH]c2c(F)cccc12. The average molecular weight is 284 g/mol. The van der Waals surface area contributed by atoms with Gasteiger partial charge in [-0.3, -0.25) is 14.9 Å². The molecule has 0 atom stereocenters. The molecule has 2 aromatic carbocycles. The second-order valence-electron chi connectivity index (χ2n) is 4.50. The van der Waals surface area contributed by atoms with Crippen LogP contribution in [-0.4, -0.2) is 16.2 Å². The molecule has 1 N–H and O–H groups in total. The lowest BCUT2D eigenvalue weighted by Gasteiger charge is -1.99. The summed E-state index contributed by atoms with van der Waals surface area (Å²) in [6.07, 6.45) is 0.648. The van der Waals surface area contributed by atoms with E-state index in [0.29, 0.717) is 28.5 Å². The molecule has 0 saturated carbocycles. The van der Waals surface area contributed by atoms with Gasteiger partial charge in [-0.1, -0.05) is 12.1 Å². The summed E-state index contributed by atoms with van der Waals surface area (Å²) in [5.74, 6) is -0.455. The zero-order valence-corrected chi connectivity index (χ0v) is 10.7. The van der Waals surface area contributed by atoms with Crippen LogP contribution in [0.2, 0.25) is 0 Å². The van der Waals surface area contributed by atoms with Crippen molar-refractivity contribution in [2.24, 2.45) is 0 Å². The lowest BCUT2D eigenvalue weighted by atomic mass is 10.1. The van der Waals surface area contributed by atoms with E-state index in [2.05, 4.69) is 4.98 Å². The number of hydrogen-bond acceptors (Lipinski definition) is 3. The first-order valence-corrected chi connectivity index (χ1v) is 6.12. The highest BCUT2D eigenvalue weighted by molar-refractivity contribution is 6.04. The second-order valence-corrected chi connectivity index (χ2v) is 4.50. The molecule has 0 spiro atoms. The number of fused-ring (bicyclic) bond motifs is 1. The van der Waals surface area contributed by atoms with Gasteiger partial charge < -0.3 is 4.98 Å². The lowest BCUT2D eigenvalue weighted by Crippen LogP contribution is -1.88. The molecule has 0 bridgehead atoms. The van der Waals surface area contributed by atoms with Gasteiger partial charge in [-0.2, -0.15) is 0 Å². The van der Waals surface area contributed by atoms with Crippen molar-refractivity contribution in [3.05, 3.63) is 64.0 Å². The summed E-state index contributed by atoms with van der Waals surface area (Å²) in [6, 6.07) is 10.2. The van der Waals surface area contributed by atoms with Gasteiger partial charge in [-0.25, -0.2) is 4.39 Å². The Hall–Kier alpha value is -3.02. The first-order valence-electron chi connectivity index (χ1n) is 6.12. The number of non-ortho nitro benzene ring substituents is 1. The predicted octanol–water partition coefficient (Wildman–Crippen LogP) is 3.69. The normalized spacial score (nSPS) is 10.7. The largest absolute Gasteiger partial charge is 0.352 e. The number of benzene rings is 2. The Kier molecular flexibility index (Phi) is 2.98. The number of nitro groups is 1. The molecule has 0 fully saturated rings. The maximum atomic E-state index is 13.8. The van der Waals surface area contributed by atoms with Crippen LogP contribution < -0.4 is 0 Å². The highest BCUT2D eigenvalue weighted by Gasteiger charge is 2.15. The third-order valence-corrected chi connectivity index (χ3v) is 3.31. The Morgan fingerprint density at radius 1 is 1.14 bits per heavy atom. The van der Waals surface area contributed by atoms with Gasteiger partial charge in [0, 0.05) is 23.1 Å². The van der Waals surface area contributed by atoms with Crippen molar-refractivity contribution in [3.63, 3.8) is 0 Å². The Labute approximate surface area is 118 Å². The number of halogens is 1. The number of H-pyrrole nitrogens is 1. The van der Waals surface area contributed by atoms with Gasteiger partial charge in [0.25, 0.3) is 5.69 Å². The summed E-state index contributed by atoms with van der Waals surface area (Å²) in [5, 5.41) is 11.1. The summed E-state index contributed by atoms with van der Waals surface area (Å²) >= 11 is 0. The predicted molar refractivity (Wildman–Crippen MR) is 75.7 cm³/mol. The van der Waals surface area contributed by atoms with Crippen LogP contribution in [0.4, 0.5) is 10.1 Å². The first-order chi connectivity index (χ1) is 10.1.